The summed E-state index contributed by atoms with van der Waals surface area (Å²) in [4.78, 5) is 23.8. The van der Waals surface area contributed by atoms with Crippen LogP contribution in [0.5, 0.6) is 11.5 Å². The number of aromatic nitrogens is 3. The largest absolute Gasteiger partial charge is 0.457 e. The van der Waals surface area contributed by atoms with Crippen molar-refractivity contribution in [3.8, 4) is 22.8 Å². The molecule has 4 aromatic rings. The lowest BCUT2D eigenvalue weighted by atomic mass is 10.0. The Hall–Kier alpha value is -4.19. The average Bonchev–Trinajstić information content (AvgIpc) is 2.87. The van der Waals surface area contributed by atoms with Crippen LogP contribution in [-0.4, -0.2) is 27.6 Å². The van der Waals surface area contributed by atoms with Crippen LogP contribution in [-0.2, 0) is 7.05 Å². The molecule has 1 aliphatic heterocycles. The molecule has 33 heavy (non-hydrogen) atoms. The Labute approximate surface area is 192 Å². The van der Waals surface area contributed by atoms with Crippen molar-refractivity contribution >= 4 is 11.5 Å². The normalized spacial score (nSPS) is 13.5. The van der Waals surface area contributed by atoms with Gasteiger partial charge in [-0.1, -0.05) is 42.5 Å². The highest BCUT2D eigenvalue weighted by molar-refractivity contribution is 5.75. The molecule has 0 amide bonds. The first-order valence-corrected chi connectivity index (χ1v) is 10.9. The fraction of sp³-hybridized carbons (Fsp3) is 0.148. The SMILES string of the molecule is Cn1c(N2CCC=C(c3ccccc3Oc3ccccc3)C2)nc(-c2ccncc2)cc1=O. The molecule has 2 aromatic carbocycles. The molecule has 2 aromatic heterocycles. The van der Waals surface area contributed by atoms with Gasteiger partial charge in [-0.2, -0.15) is 0 Å². The molecule has 6 nitrogen and oxygen atoms in total. The Balaban J connectivity index is 1.47. The van der Waals surface area contributed by atoms with Gasteiger partial charge in [0, 0.05) is 49.7 Å². The van der Waals surface area contributed by atoms with E-state index in [1.54, 1.807) is 30.1 Å². The van der Waals surface area contributed by atoms with Crippen LogP contribution in [0.4, 0.5) is 5.95 Å². The second-order valence-corrected chi connectivity index (χ2v) is 7.93. The number of benzene rings is 2. The van der Waals surface area contributed by atoms with Gasteiger partial charge in [-0.3, -0.25) is 14.3 Å². The first-order valence-electron chi connectivity index (χ1n) is 10.9. The Morgan fingerprint density at radius 1 is 0.939 bits per heavy atom. The molecule has 0 atom stereocenters. The minimum absolute atomic E-state index is 0.0873. The highest BCUT2D eigenvalue weighted by Crippen LogP contribution is 2.33. The number of pyridine rings is 1. The van der Waals surface area contributed by atoms with E-state index in [0.29, 0.717) is 18.2 Å². The van der Waals surface area contributed by atoms with Crippen molar-refractivity contribution < 1.29 is 4.74 Å². The first kappa shape index (κ1) is 20.7. The van der Waals surface area contributed by atoms with E-state index in [9.17, 15) is 4.79 Å². The monoisotopic (exact) mass is 436 g/mol. The molecule has 0 radical (unpaired) electrons. The second kappa shape index (κ2) is 9.12. The number of nitrogens with zero attached hydrogens (tertiary/aromatic N) is 4. The molecule has 0 N–H and O–H groups in total. The Bertz CT molecular complexity index is 1350. The lowest BCUT2D eigenvalue weighted by Gasteiger charge is -2.30. The zero-order valence-corrected chi connectivity index (χ0v) is 18.4. The molecule has 0 saturated heterocycles. The molecule has 0 unspecified atom stereocenters. The third kappa shape index (κ3) is 4.41. The van der Waals surface area contributed by atoms with Crippen molar-refractivity contribution in [3.63, 3.8) is 0 Å². The maximum absolute atomic E-state index is 12.7. The molecule has 0 aliphatic carbocycles. The fourth-order valence-corrected chi connectivity index (χ4v) is 4.03. The lowest BCUT2D eigenvalue weighted by Crippen LogP contribution is -2.35. The molecule has 5 rings (SSSR count). The zero-order valence-electron chi connectivity index (χ0n) is 18.4. The van der Waals surface area contributed by atoms with E-state index >= 15 is 0 Å². The lowest BCUT2D eigenvalue weighted by molar-refractivity contribution is 0.481. The van der Waals surface area contributed by atoms with E-state index in [2.05, 4.69) is 22.0 Å². The molecule has 0 fully saturated rings. The summed E-state index contributed by atoms with van der Waals surface area (Å²) >= 11 is 0. The molecular weight excluding hydrogens is 412 g/mol. The summed E-state index contributed by atoms with van der Waals surface area (Å²) in [6.07, 6.45) is 6.51. The second-order valence-electron chi connectivity index (χ2n) is 7.93. The van der Waals surface area contributed by atoms with Gasteiger partial charge < -0.3 is 9.64 Å². The summed E-state index contributed by atoms with van der Waals surface area (Å²) in [6.45, 7) is 1.42. The van der Waals surface area contributed by atoms with Crippen molar-refractivity contribution in [1.29, 1.82) is 0 Å². The minimum Gasteiger partial charge on any atom is -0.457 e. The highest BCUT2D eigenvalue weighted by Gasteiger charge is 2.21. The van der Waals surface area contributed by atoms with Crippen LogP contribution in [0.1, 0.15) is 12.0 Å². The number of para-hydroxylation sites is 2. The van der Waals surface area contributed by atoms with Gasteiger partial charge >= 0.3 is 0 Å². The summed E-state index contributed by atoms with van der Waals surface area (Å²) in [5, 5.41) is 0. The van der Waals surface area contributed by atoms with Crippen LogP contribution in [0.25, 0.3) is 16.8 Å². The van der Waals surface area contributed by atoms with Crippen LogP contribution < -0.4 is 15.2 Å². The summed E-state index contributed by atoms with van der Waals surface area (Å²) in [5.74, 6) is 2.26. The van der Waals surface area contributed by atoms with Crippen LogP contribution in [0.2, 0.25) is 0 Å². The van der Waals surface area contributed by atoms with Crippen molar-refractivity contribution in [3.05, 3.63) is 107 Å². The summed E-state index contributed by atoms with van der Waals surface area (Å²) in [7, 11) is 1.77. The number of rotatable bonds is 5. The van der Waals surface area contributed by atoms with E-state index in [0.717, 1.165) is 41.2 Å². The molecule has 0 spiro atoms. The van der Waals surface area contributed by atoms with Gasteiger partial charge in [0.05, 0.1) is 5.69 Å². The van der Waals surface area contributed by atoms with Crippen LogP contribution in [0.3, 0.4) is 0 Å². The molecule has 3 heterocycles. The molecule has 6 heteroatoms. The van der Waals surface area contributed by atoms with Crippen LogP contribution in [0, 0.1) is 0 Å². The van der Waals surface area contributed by atoms with E-state index < -0.39 is 0 Å². The van der Waals surface area contributed by atoms with Crippen molar-refractivity contribution in [2.45, 2.75) is 6.42 Å². The number of hydrogen-bond acceptors (Lipinski definition) is 5. The smallest absolute Gasteiger partial charge is 0.255 e. The van der Waals surface area contributed by atoms with Crippen LogP contribution >= 0.6 is 0 Å². The Morgan fingerprint density at radius 3 is 2.52 bits per heavy atom. The zero-order chi connectivity index (χ0) is 22.6. The van der Waals surface area contributed by atoms with Crippen molar-refractivity contribution in [2.75, 3.05) is 18.0 Å². The first-order chi connectivity index (χ1) is 16.2. The Morgan fingerprint density at radius 2 is 1.70 bits per heavy atom. The molecular formula is C27H24N4O2. The fourth-order valence-electron chi connectivity index (χ4n) is 4.03. The molecule has 0 bridgehead atoms. The highest BCUT2D eigenvalue weighted by atomic mass is 16.5. The standard InChI is InChI=1S/C27H24N4O2/c1-30-26(32)18-24(20-13-15-28-16-14-20)29-27(30)31-17-7-8-21(19-31)23-11-5-6-12-25(23)33-22-9-3-2-4-10-22/h2-6,8-16,18H,7,17,19H2,1H3. The predicted molar refractivity (Wildman–Crippen MR) is 130 cm³/mol. The van der Waals surface area contributed by atoms with Crippen molar-refractivity contribution in [2.24, 2.45) is 7.05 Å². The maximum atomic E-state index is 12.7. The number of ether oxygens (including phenoxy) is 1. The van der Waals surface area contributed by atoms with E-state index in [1.165, 1.54) is 0 Å². The Kier molecular flexibility index (Phi) is 5.72. The maximum Gasteiger partial charge on any atom is 0.255 e. The van der Waals surface area contributed by atoms with Gasteiger partial charge in [-0.25, -0.2) is 4.98 Å². The third-order valence-electron chi connectivity index (χ3n) is 5.73. The molecule has 164 valence electrons. The predicted octanol–water partition coefficient (Wildman–Crippen LogP) is 4.93. The van der Waals surface area contributed by atoms with E-state index in [-0.39, 0.29) is 5.56 Å². The molecule has 0 saturated carbocycles. The van der Waals surface area contributed by atoms with Gasteiger partial charge in [-0.15, -0.1) is 0 Å². The molecule has 1 aliphatic rings. The summed E-state index contributed by atoms with van der Waals surface area (Å²) < 4.78 is 7.80. The number of anilines is 1. The topological polar surface area (TPSA) is 60.2 Å². The third-order valence-corrected chi connectivity index (χ3v) is 5.73. The minimum atomic E-state index is -0.0873. The average molecular weight is 437 g/mol. The number of hydrogen-bond donors (Lipinski definition) is 0. The summed E-state index contributed by atoms with van der Waals surface area (Å²) in [6, 6.07) is 23.1. The summed E-state index contributed by atoms with van der Waals surface area (Å²) in [5.41, 5.74) is 3.63. The van der Waals surface area contributed by atoms with Gasteiger partial charge in [-0.05, 0) is 42.3 Å². The van der Waals surface area contributed by atoms with E-state index in [4.69, 9.17) is 9.72 Å². The van der Waals surface area contributed by atoms with Gasteiger partial charge in [0.2, 0.25) is 5.95 Å². The van der Waals surface area contributed by atoms with Crippen LogP contribution in [0.15, 0.2) is 96.1 Å². The van der Waals surface area contributed by atoms with Gasteiger partial charge in [0.1, 0.15) is 11.5 Å². The van der Waals surface area contributed by atoms with Gasteiger partial charge in [0.15, 0.2) is 0 Å². The quantitative estimate of drug-likeness (QED) is 0.444. The van der Waals surface area contributed by atoms with Gasteiger partial charge in [0.25, 0.3) is 5.56 Å². The van der Waals surface area contributed by atoms with Crippen molar-refractivity contribution in [1.82, 2.24) is 14.5 Å². The van der Waals surface area contributed by atoms with E-state index in [1.807, 2.05) is 60.7 Å².